The SMILES string of the molecule is CC1(C)OCC2(CO1)C[C@@H](O)[C@H](n1ccc(N)nc1=O)C2. The molecule has 0 radical (unpaired) electrons. The van der Waals surface area contributed by atoms with Crippen LogP contribution < -0.4 is 11.4 Å². The van der Waals surface area contributed by atoms with Crippen molar-refractivity contribution in [2.45, 2.75) is 44.6 Å². The van der Waals surface area contributed by atoms with Gasteiger partial charge in [0.25, 0.3) is 0 Å². The van der Waals surface area contributed by atoms with Crippen LogP contribution in [0.4, 0.5) is 5.82 Å². The summed E-state index contributed by atoms with van der Waals surface area (Å²) in [5.74, 6) is -0.405. The highest BCUT2D eigenvalue weighted by Gasteiger charge is 2.50. The van der Waals surface area contributed by atoms with Crippen LogP contribution >= 0.6 is 0 Å². The van der Waals surface area contributed by atoms with Crippen LogP contribution in [0.15, 0.2) is 17.1 Å². The molecule has 1 aliphatic carbocycles. The van der Waals surface area contributed by atoms with Crippen LogP contribution in [0, 0.1) is 5.41 Å². The Kier molecular flexibility index (Phi) is 3.31. The van der Waals surface area contributed by atoms with Crippen LogP contribution in [-0.4, -0.2) is 39.8 Å². The normalized spacial score (nSPS) is 30.6. The van der Waals surface area contributed by atoms with Crippen molar-refractivity contribution in [2.75, 3.05) is 18.9 Å². The van der Waals surface area contributed by atoms with Gasteiger partial charge >= 0.3 is 5.69 Å². The van der Waals surface area contributed by atoms with Crippen LogP contribution in [0.5, 0.6) is 0 Å². The maximum atomic E-state index is 11.9. The Morgan fingerprint density at radius 2 is 2.05 bits per heavy atom. The van der Waals surface area contributed by atoms with E-state index in [-0.39, 0.29) is 17.3 Å². The van der Waals surface area contributed by atoms with Gasteiger partial charge in [-0.15, -0.1) is 0 Å². The van der Waals surface area contributed by atoms with E-state index in [1.165, 1.54) is 4.57 Å². The Hall–Kier alpha value is -1.44. The van der Waals surface area contributed by atoms with Crippen molar-refractivity contribution in [1.29, 1.82) is 0 Å². The minimum absolute atomic E-state index is 0.185. The Balaban J connectivity index is 1.82. The number of rotatable bonds is 1. The summed E-state index contributed by atoms with van der Waals surface area (Å²) in [7, 11) is 0. The third kappa shape index (κ3) is 2.68. The number of aliphatic hydroxyl groups is 1. The molecular formula is C14H21N3O4. The van der Waals surface area contributed by atoms with Crippen LogP contribution in [0.1, 0.15) is 32.7 Å². The van der Waals surface area contributed by atoms with Gasteiger partial charge in [0.15, 0.2) is 5.79 Å². The van der Waals surface area contributed by atoms with E-state index >= 15 is 0 Å². The zero-order chi connectivity index (χ0) is 15.3. The molecule has 2 heterocycles. The molecular weight excluding hydrogens is 274 g/mol. The highest BCUT2D eigenvalue weighted by atomic mass is 16.7. The number of nitrogens with two attached hydrogens (primary N) is 1. The quantitative estimate of drug-likeness (QED) is 0.772. The number of aliphatic hydroxyl groups excluding tert-OH is 1. The van der Waals surface area contributed by atoms with Gasteiger partial charge in [-0.05, 0) is 32.8 Å². The van der Waals surface area contributed by atoms with E-state index in [0.29, 0.717) is 26.1 Å². The molecule has 1 spiro atoms. The summed E-state index contributed by atoms with van der Waals surface area (Å²) in [6.45, 7) is 4.78. The molecule has 7 nitrogen and oxygen atoms in total. The zero-order valence-electron chi connectivity index (χ0n) is 12.3. The fraction of sp³-hybridized carbons (Fsp3) is 0.714. The van der Waals surface area contributed by atoms with Gasteiger partial charge in [-0.3, -0.25) is 4.57 Å². The monoisotopic (exact) mass is 295 g/mol. The molecule has 1 aliphatic heterocycles. The number of hydrogen-bond donors (Lipinski definition) is 2. The average molecular weight is 295 g/mol. The molecule has 0 bridgehead atoms. The molecule has 116 valence electrons. The lowest BCUT2D eigenvalue weighted by molar-refractivity contribution is -0.285. The second-order valence-corrected chi connectivity index (χ2v) is 6.56. The minimum atomic E-state index is -0.624. The predicted octanol–water partition coefficient (Wildman–Crippen LogP) is 0.291. The van der Waals surface area contributed by atoms with Gasteiger partial charge < -0.3 is 20.3 Å². The molecule has 0 aromatic carbocycles. The largest absolute Gasteiger partial charge is 0.391 e. The topological polar surface area (TPSA) is 99.6 Å². The van der Waals surface area contributed by atoms with E-state index in [1.807, 2.05) is 13.8 Å². The molecule has 7 heteroatoms. The summed E-state index contributed by atoms with van der Waals surface area (Å²) in [4.78, 5) is 15.7. The third-order valence-corrected chi connectivity index (χ3v) is 4.39. The smallest absolute Gasteiger partial charge is 0.349 e. The van der Waals surface area contributed by atoms with Crippen molar-refractivity contribution in [3.8, 4) is 0 Å². The number of aromatic nitrogens is 2. The maximum absolute atomic E-state index is 11.9. The molecule has 0 amide bonds. The molecule has 1 aromatic heterocycles. The zero-order valence-corrected chi connectivity index (χ0v) is 12.3. The maximum Gasteiger partial charge on any atom is 0.349 e. The van der Waals surface area contributed by atoms with E-state index in [2.05, 4.69) is 4.98 Å². The summed E-state index contributed by atoms with van der Waals surface area (Å²) < 4.78 is 12.9. The summed E-state index contributed by atoms with van der Waals surface area (Å²) in [5, 5.41) is 10.4. The lowest BCUT2D eigenvalue weighted by atomic mass is 9.86. The van der Waals surface area contributed by atoms with Gasteiger partial charge in [-0.1, -0.05) is 0 Å². The van der Waals surface area contributed by atoms with Crippen molar-refractivity contribution < 1.29 is 14.6 Å². The number of nitrogens with zero attached hydrogens (tertiary/aromatic N) is 2. The molecule has 2 fully saturated rings. The minimum Gasteiger partial charge on any atom is -0.391 e. The molecule has 3 N–H and O–H groups in total. The lowest BCUT2D eigenvalue weighted by Crippen LogP contribution is -2.45. The standard InChI is InChI=1S/C14H21N3O4/c1-13(2)20-7-14(8-21-13)5-9(10(18)6-14)17-4-3-11(15)16-12(17)19/h3-4,9-10,18H,5-8H2,1-2H3,(H2,15,16,19)/t9-,10-/m1/s1. The first-order valence-electron chi connectivity index (χ1n) is 7.11. The fourth-order valence-electron chi connectivity index (χ4n) is 3.18. The van der Waals surface area contributed by atoms with E-state index in [0.717, 1.165) is 0 Å². The van der Waals surface area contributed by atoms with Gasteiger partial charge in [0.1, 0.15) is 5.82 Å². The van der Waals surface area contributed by atoms with Crippen LogP contribution in [0.25, 0.3) is 0 Å². The van der Waals surface area contributed by atoms with Crippen LogP contribution in [0.3, 0.4) is 0 Å². The molecule has 3 rings (SSSR count). The fourth-order valence-corrected chi connectivity index (χ4v) is 3.18. The number of nitrogen functional groups attached to an aromatic ring is 1. The van der Waals surface area contributed by atoms with Crippen LogP contribution in [0.2, 0.25) is 0 Å². The van der Waals surface area contributed by atoms with E-state index < -0.39 is 17.6 Å². The molecule has 2 atom stereocenters. The highest BCUT2D eigenvalue weighted by molar-refractivity contribution is 5.23. The summed E-state index contributed by atoms with van der Waals surface area (Å²) in [5.41, 5.74) is 4.81. The van der Waals surface area contributed by atoms with E-state index in [4.69, 9.17) is 15.2 Å². The molecule has 2 aliphatic rings. The Morgan fingerprint density at radius 3 is 2.67 bits per heavy atom. The van der Waals surface area contributed by atoms with Crippen molar-refractivity contribution >= 4 is 5.82 Å². The first-order chi connectivity index (χ1) is 9.80. The predicted molar refractivity (Wildman–Crippen MR) is 75.6 cm³/mol. The summed E-state index contributed by atoms with van der Waals surface area (Å²) in [6.07, 6.45) is 2.13. The average Bonchev–Trinajstić information content (AvgIpc) is 2.71. The van der Waals surface area contributed by atoms with Crippen molar-refractivity contribution in [3.63, 3.8) is 0 Å². The van der Waals surface area contributed by atoms with Crippen molar-refractivity contribution in [2.24, 2.45) is 5.41 Å². The Labute approximate surface area is 122 Å². The lowest BCUT2D eigenvalue weighted by Gasteiger charge is -2.41. The second kappa shape index (κ2) is 4.79. The van der Waals surface area contributed by atoms with Crippen LogP contribution in [-0.2, 0) is 9.47 Å². The highest BCUT2D eigenvalue weighted by Crippen LogP contribution is 2.47. The first-order valence-corrected chi connectivity index (χ1v) is 7.11. The second-order valence-electron chi connectivity index (χ2n) is 6.56. The summed E-state index contributed by atoms with van der Waals surface area (Å²) in [6, 6.07) is 1.25. The van der Waals surface area contributed by atoms with Crippen molar-refractivity contribution in [3.05, 3.63) is 22.7 Å². The molecule has 21 heavy (non-hydrogen) atoms. The number of anilines is 1. The van der Waals surface area contributed by atoms with Gasteiger partial charge in [-0.2, -0.15) is 4.98 Å². The van der Waals surface area contributed by atoms with Gasteiger partial charge in [0, 0.05) is 11.6 Å². The van der Waals surface area contributed by atoms with Gasteiger partial charge in [0.2, 0.25) is 0 Å². The van der Waals surface area contributed by atoms with Crippen molar-refractivity contribution in [1.82, 2.24) is 9.55 Å². The summed E-state index contributed by atoms with van der Waals surface area (Å²) >= 11 is 0. The van der Waals surface area contributed by atoms with Gasteiger partial charge in [0.05, 0.1) is 25.4 Å². The molecule has 1 saturated heterocycles. The van der Waals surface area contributed by atoms with E-state index in [9.17, 15) is 9.90 Å². The van der Waals surface area contributed by atoms with Gasteiger partial charge in [-0.25, -0.2) is 4.79 Å². The Morgan fingerprint density at radius 1 is 1.38 bits per heavy atom. The third-order valence-electron chi connectivity index (χ3n) is 4.39. The van der Waals surface area contributed by atoms with E-state index in [1.54, 1.807) is 12.3 Å². The molecule has 0 unspecified atom stereocenters. The Bertz CT molecular complexity index is 588. The molecule has 1 aromatic rings. The number of ether oxygens (including phenoxy) is 2. The first kappa shape index (κ1) is 14.5. The molecule has 1 saturated carbocycles. The number of hydrogen-bond acceptors (Lipinski definition) is 6.